The number of ether oxygens (including phenoxy) is 1. The van der Waals surface area contributed by atoms with Crippen LogP contribution in [0.5, 0.6) is 0 Å². The lowest BCUT2D eigenvalue weighted by Crippen LogP contribution is -2.13. The molecule has 0 aromatic carbocycles. The predicted octanol–water partition coefficient (Wildman–Crippen LogP) is 2.22. The lowest BCUT2D eigenvalue weighted by atomic mass is 9.98. The molecule has 0 N–H and O–H groups in total. The van der Waals surface area contributed by atoms with Crippen LogP contribution in [-0.2, 0) is 9.53 Å². The number of carbonyl (C=O) groups is 1. The fourth-order valence-electron chi connectivity index (χ4n) is 1.33. The molecular formula is C10H14O2. The maximum absolute atomic E-state index is 11.3. The zero-order valence-electron chi connectivity index (χ0n) is 7.43. The molecule has 0 spiro atoms. The average Bonchev–Trinajstić information content (AvgIpc) is 2.04. The first-order valence-electron chi connectivity index (χ1n) is 4.22. The summed E-state index contributed by atoms with van der Waals surface area (Å²) in [5, 5.41) is 0. The molecule has 0 aliphatic heterocycles. The van der Waals surface area contributed by atoms with Crippen LogP contribution in [0.1, 0.15) is 26.2 Å². The van der Waals surface area contributed by atoms with Gasteiger partial charge >= 0.3 is 0 Å². The van der Waals surface area contributed by atoms with Crippen LogP contribution in [0.15, 0.2) is 24.0 Å². The molecule has 0 atom stereocenters. The zero-order chi connectivity index (χ0) is 8.97. The highest BCUT2D eigenvalue weighted by Gasteiger charge is 2.18. The second kappa shape index (κ2) is 4.10. The molecule has 0 heterocycles. The first-order chi connectivity index (χ1) is 5.75. The molecule has 1 aliphatic carbocycles. The van der Waals surface area contributed by atoms with E-state index in [-0.39, 0.29) is 5.78 Å². The number of hydrogen-bond acceptors (Lipinski definition) is 2. The van der Waals surface area contributed by atoms with Gasteiger partial charge in [0.2, 0.25) is 0 Å². The third-order valence-electron chi connectivity index (χ3n) is 1.94. The molecule has 0 aromatic heterocycles. The topological polar surface area (TPSA) is 26.3 Å². The Morgan fingerprint density at radius 2 is 2.33 bits per heavy atom. The minimum Gasteiger partial charge on any atom is -0.486 e. The fourth-order valence-corrected chi connectivity index (χ4v) is 1.33. The van der Waals surface area contributed by atoms with Crippen LogP contribution in [0.25, 0.3) is 0 Å². The van der Waals surface area contributed by atoms with E-state index in [1.165, 1.54) is 0 Å². The van der Waals surface area contributed by atoms with Gasteiger partial charge in [0.05, 0.1) is 0 Å². The Kier molecular flexibility index (Phi) is 3.09. The number of carbonyl (C=O) groups excluding carboxylic acids is 1. The van der Waals surface area contributed by atoms with Crippen molar-refractivity contribution in [1.29, 1.82) is 0 Å². The molecule has 1 rings (SSSR count). The van der Waals surface area contributed by atoms with Crippen molar-refractivity contribution in [3.05, 3.63) is 24.0 Å². The molecule has 66 valence electrons. The van der Waals surface area contributed by atoms with Crippen LogP contribution < -0.4 is 0 Å². The zero-order valence-corrected chi connectivity index (χ0v) is 7.43. The van der Waals surface area contributed by atoms with E-state index >= 15 is 0 Å². The summed E-state index contributed by atoms with van der Waals surface area (Å²) in [4.78, 5) is 11.3. The highest BCUT2D eigenvalue weighted by Crippen LogP contribution is 2.21. The van der Waals surface area contributed by atoms with Gasteiger partial charge in [0.1, 0.15) is 6.61 Å². The lowest BCUT2D eigenvalue weighted by Gasteiger charge is -2.16. The molecular weight excluding hydrogens is 152 g/mol. The van der Waals surface area contributed by atoms with Gasteiger partial charge in [-0.2, -0.15) is 0 Å². The summed E-state index contributed by atoms with van der Waals surface area (Å²) in [6.07, 6.45) is 4.23. The molecule has 0 amide bonds. The van der Waals surface area contributed by atoms with Crippen molar-refractivity contribution >= 4 is 5.78 Å². The Labute approximate surface area is 72.9 Å². The number of ketones is 1. The number of rotatable bonds is 3. The van der Waals surface area contributed by atoms with E-state index < -0.39 is 0 Å². The van der Waals surface area contributed by atoms with Crippen molar-refractivity contribution < 1.29 is 9.53 Å². The minimum atomic E-state index is 0.139. The molecule has 0 aromatic rings. The Bertz CT molecular complexity index is 226. The van der Waals surface area contributed by atoms with Crippen molar-refractivity contribution in [2.24, 2.45) is 0 Å². The second-order valence-electron chi connectivity index (χ2n) is 2.99. The maximum Gasteiger partial charge on any atom is 0.197 e. The van der Waals surface area contributed by atoms with Gasteiger partial charge in [0.15, 0.2) is 11.5 Å². The summed E-state index contributed by atoms with van der Waals surface area (Å²) < 4.78 is 5.27. The second-order valence-corrected chi connectivity index (χ2v) is 2.99. The lowest BCUT2D eigenvalue weighted by molar-refractivity contribution is -0.119. The van der Waals surface area contributed by atoms with Crippen LogP contribution in [0.4, 0.5) is 0 Å². The van der Waals surface area contributed by atoms with Crippen molar-refractivity contribution in [2.75, 3.05) is 6.61 Å². The number of Topliss-reactive ketones (excluding diaryl/α,β-unsaturated/α-hetero) is 1. The summed E-state index contributed by atoms with van der Waals surface area (Å²) >= 11 is 0. The third-order valence-corrected chi connectivity index (χ3v) is 1.94. The quantitative estimate of drug-likeness (QED) is 0.601. The largest absolute Gasteiger partial charge is 0.486 e. The monoisotopic (exact) mass is 166 g/mol. The van der Waals surface area contributed by atoms with Gasteiger partial charge < -0.3 is 4.74 Å². The van der Waals surface area contributed by atoms with Gasteiger partial charge in [-0.25, -0.2) is 0 Å². The van der Waals surface area contributed by atoms with E-state index in [4.69, 9.17) is 4.74 Å². The highest BCUT2D eigenvalue weighted by molar-refractivity contribution is 5.94. The fraction of sp³-hybridized carbons (Fsp3) is 0.500. The molecule has 0 saturated carbocycles. The first kappa shape index (κ1) is 9.04. The summed E-state index contributed by atoms with van der Waals surface area (Å²) in [6, 6.07) is 0. The molecule has 1 aliphatic rings. The van der Waals surface area contributed by atoms with Gasteiger partial charge in [-0.1, -0.05) is 12.7 Å². The first-order valence-corrected chi connectivity index (χ1v) is 4.22. The smallest absolute Gasteiger partial charge is 0.197 e. The van der Waals surface area contributed by atoms with Crippen molar-refractivity contribution in [2.45, 2.75) is 26.2 Å². The number of hydrogen-bond donors (Lipinski definition) is 0. The SMILES string of the molecule is C=CCOC1=C(C)CCCC1=O. The molecule has 2 nitrogen and oxygen atoms in total. The summed E-state index contributed by atoms with van der Waals surface area (Å²) in [5.41, 5.74) is 1.08. The Morgan fingerprint density at radius 1 is 1.58 bits per heavy atom. The molecule has 0 radical (unpaired) electrons. The van der Waals surface area contributed by atoms with Crippen LogP contribution >= 0.6 is 0 Å². The van der Waals surface area contributed by atoms with Crippen molar-refractivity contribution in [3.8, 4) is 0 Å². The van der Waals surface area contributed by atoms with E-state index in [9.17, 15) is 4.79 Å². The summed E-state index contributed by atoms with van der Waals surface area (Å²) in [5.74, 6) is 0.710. The molecule has 0 bridgehead atoms. The van der Waals surface area contributed by atoms with E-state index in [1.807, 2.05) is 6.92 Å². The molecule has 12 heavy (non-hydrogen) atoms. The molecule has 0 unspecified atom stereocenters. The van der Waals surface area contributed by atoms with E-state index in [0.717, 1.165) is 18.4 Å². The van der Waals surface area contributed by atoms with E-state index in [1.54, 1.807) is 6.08 Å². The molecule has 2 heteroatoms. The summed E-state index contributed by atoms with van der Waals surface area (Å²) in [6.45, 7) is 5.92. The van der Waals surface area contributed by atoms with E-state index in [2.05, 4.69) is 6.58 Å². The van der Waals surface area contributed by atoms with Crippen LogP contribution in [0, 0.1) is 0 Å². The normalized spacial score (nSPS) is 17.9. The van der Waals surface area contributed by atoms with Gasteiger partial charge in [0, 0.05) is 6.42 Å². The number of allylic oxidation sites excluding steroid dienone is 2. The predicted molar refractivity (Wildman–Crippen MR) is 47.7 cm³/mol. The maximum atomic E-state index is 11.3. The molecule has 0 saturated heterocycles. The highest BCUT2D eigenvalue weighted by atomic mass is 16.5. The van der Waals surface area contributed by atoms with Crippen molar-refractivity contribution in [1.82, 2.24) is 0 Å². The van der Waals surface area contributed by atoms with Gasteiger partial charge in [-0.15, -0.1) is 0 Å². The van der Waals surface area contributed by atoms with Gasteiger partial charge in [-0.3, -0.25) is 4.79 Å². The minimum absolute atomic E-state index is 0.139. The van der Waals surface area contributed by atoms with Crippen LogP contribution in [0.3, 0.4) is 0 Å². The Balaban J connectivity index is 2.67. The van der Waals surface area contributed by atoms with Crippen LogP contribution in [-0.4, -0.2) is 12.4 Å². The Hall–Kier alpha value is -1.05. The van der Waals surface area contributed by atoms with Gasteiger partial charge in [-0.05, 0) is 25.3 Å². The summed E-state index contributed by atoms with van der Waals surface area (Å²) in [7, 11) is 0. The van der Waals surface area contributed by atoms with Gasteiger partial charge in [0.25, 0.3) is 0 Å². The van der Waals surface area contributed by atoms with Crippen molar-refractivity contribution in [3.63, 3.8) is 0 Å². The van der Waals surface area contributed by atoms with E-state index in [0.29, 0.717) is 18.8 Å². The average molecular weight is 166 g/mol. The third kappa shape index (κ3) is 1.97. The van der Waals surface area contributed by atoms with Crippen LogP contribution in [0.2, 0.25) is 0 Å². The Morgan fingerprint density at radius 3 is 2.92 bits per heavy atom. The standard InChI is InChI=1S/C10H14O2/c1-3-7-12-10-8(2)5-4-6-9(10)11/h3H,1,4-7H2,2H3. The molecule has 0 fully saturated rings.